The van der Waals surface area contributed by atoms with Crippen LogP contribution in [0.2, 0.25) is 5.02 Å². The molecule has 9 nitrogen and oxygen atoms in total. The van der Waals surface area contributed by atoms with Crippen LogP contribution < -0.4 is 9.64 Å². The fourth-order valence-corrected chi connectivity index (χ4v) is 8.55. The maximum absolute atomic E-state index is 15.2. The number of aryl methyl sites for hydroxylation is 6. The average molecular weight is 738 g/mol. The van der Waals surface area contributed by atoms with Crippen molar-refractivity contribution in [3.8, 4) is 16.9 Å². The molecule has 3 aromatic heterocycles. The quantitative estimate of drug-likeness (QED) is 0.0888. The molecule has 0 N–H and O–H groups in total. The molecular formula is C41H42Cl2N6O3. The third-order valence-corrected chi connectivity index (χ3v) is 11.8. The minimum Gasteiger partial charge on any atom is -0.494 e. The lowest BCUT2D eigenvalue weighted by atomic mass is 9.98. The van der Waals surface area contributed by atoms with Crippen molar-refractivity contribution in [2.24, 2.45) is 19.1 Å². The third kappa shape index (κ3) is 5.39. The van der Waals surface area contributed by atoms with Crippen molar-refractivity contribution in [2.75, 3.05) is 24.7 Å². The van der Waals surface area contributed by atoms with Gasteiger partial charge in [-0.2, -0.15) is 5.10 Å². The zero-order valence-corrected chi connectivity index (χ0v) is 32.1. The van der Waals surface area contributed by atoms with Crippen molar-refractivity contribution in [2.45, 2.75) is 59.0 Å². The summed E-state index contributed by atoms with van der Waals surface area (Å²) in [7, 11) is 3.96. The summed E-state index contributed by atoms with van der Waals surface area (Å²) < 4.78 is 18.2. The lowest BCUT2D eigenvalue weighted by Crippen LogP contribution is -2.47. The number of amides is 1. The number of carbonyl (C=O) groups is 1. The molecule has 5 heterocycles. The van der Waals surface area contributed by atoms with Crippen LogP contribution in [0, 0.1) is 27.7 Å². The lowest BCUT2D eigenvalue weighted by molar-refractivity contribution is 0.0951. The first-order chi connectivity index (χ1) is 25.0. The second-order valence-electron chi connectivity index (χ2n) is 14.1. The molecule has 1 amide bonds. The van der Waals surface area contributed by atoms with Crippen LogP contribution in [0.3, 0.4) is 0 Å². The topological polar surface area (TPSA) is 78.8 Å². The zero-order chi connectivity index (χ0) is 36.6. The van der Waals surface area contributed by atoms with Crippen LogP contribution >= 0.6 is 23.2 Å². The number of aliphatic imine (C=N–C) groups is 1. The first-order valence-corrected chi connectivity index (χ1v) is 18.6. The highest BCUT2D eigenvalue weighted by atomic mass is 35.5. The normalized spacial score (nSPS) is 17.3. The number of halogens is 2. The van der Waals surface area contributed by atoms with Gasteiger partial charge in [-0.1, -0.05) is 41.4 Å². The van der Waals surface area contributed by atoms with Crippen LogP contribution in [0.1, 0.15) is 63.5 Å². The molecule has 0 radical (unpaired) electrons. The van der Waals surface area contributed by atoms with E-state index >= 15 is 4.79 Å². The van der Waals surface area contributed by atoms with Gasteiger partial charge in [0, 0.05) is 64.0 Å². The van der Waals surface area contributed by atoms with Crippen LogP contribution in [-0.4, -0.2) is 56.0 Å². The van der Waals surface area contributed by atoms with Crippen molar-refractivity contribution in [3.05, 3.63) is 99.1 Å². The van der Waals surface area contributed by atoms with E-state index in [4.69, 9.17) is 37.8 Å². The Labute approximate surface area is 313 Å². The second kappa shape index (κ2) is 13.0. The van der Waals surface area contributed by atoms with E-state index in [1.165, 1.54) is 0 Å². The number of nitrogens with zero attached hydrogens (tertiary/aromatic N) is 6. The minimum atomic E-state index is -0.665. The SMILES string of the molecule is Cc1cc(OCCCc2c3n(c4c(-c5c(C)nn(C)c5C)cccc24)C(C)[C@@H](Cl)N(c2cn(C)c4ccc(C5=NCCO5)cc24)C3=O)cc(C)c1Cl. The standard InChI is InChI=1S/C41H42Cl2N6O3/c1-22-18-28(19-23(2)36(22)42)51-16-9-12-30-29-10-8-11-31(35-24(3)45-47(7)25(35)4)37(29)48-26(5)39(43)49(41(50)38(30)48)34-21-46(6)33-14-13-27(20-32(33)34)40-44-15-17-52-40/h8,10-11,13-14,18-21,26,39H,9,12,15-17H2,1-7H3/t26?,39-/m0/s1. The van der Waals surface area contributed by atoms with Crippen molar-refractivity contribution >= 4 is 62.5 Å². The Kier molecular flexibility index (Phi) is 8.62. The predicted molar refractivity (Wildman–Crippen MR) is 210 cm³/mol. The number of rotatable bonds is 8. The van der Waals surface area contributed by atoms with E-state index in [1.54, 1.807) is 4.90 Å². The molecule has 0 saturated carbocycles. The maximum atomic E-state index is 15.2. The molecule has 52 heavy (non-hydrogen) atoms. The van der Waals surface area contributed by atoms with Crippen molar-refractivity contribution < 1.29 is 14.3 Å². The van der Waals surface area contributed by atoms with Crippen molar-refractivity contribution in [1.82, 2.24) is 18.9 Å². The number of alkyl halides is 1. The van der Waals surface area contributed by atoms with E-state index in [9.17, 15) is 0 Å². The van der Waals surface area contributed by atoms with Gasteiger partial charge in [-0.15, -0.1) is 0 Å². The molecule has 268 valence electrons. The van der Waals surface area contributed by atoms with Gasteiger partial charge >= 0.3 is 0 Å². The van der Waals surface area contributed by atoms with Gasteiger partial charge in [-0.05, 0) is 94.5 Å². The summed E-state index contributed by atoms with van der Waals surface area (Å²) >= 11 is 13.9. The monoisotopic (exact) mass is 736 g/mol. The smallest absolute Gasteiger partial charge is 0.276 e. The Morgan fingerprint density at radius 3 is 2.48 bits per heavy atom. The number of benzene rings is 3. The third-order valence-electron chi connectivity index (χ3n) is 10.7. The second-order valence-corrected chi connectivity index (χ2v) is 14.9. The summed E-state index contributed by atoms with van der Waals surface area (Å²) in [6.45, 7) is 11.9. The van der Waals surface area contributed by atoms with Crippen LogP contribution in [0.4, 0.5) is 5.69 Å². The highest BCUT2D eigenvalue weighted by molar-refractivity contribution is 6.32. The van der Waals surface area contributed by atoms with Gasteiger partial charge in [0.25, 0.3) is 5.91 Å². The number of hydrogen-bond acceptors (Lipinski definition) is 5. The molecule has 1 unspecified atom stereocenters. The van der Waals surface area contributed by atoms with Crippen molar-refractivity contribution in [1.29, 1.82) is 0 Å². The zero-order valence-electron chi connectivity index (χ0n) is 30.6. The van der Waals surface area contributed by atoms with E-state index < -0.39 is 5.50 Å². The summed E-state index contributed by atoms with van der Waals surface area (Å²) in [4.78, 5) is 21.5. The largest absolute Gasteiger partial charge is 0.494 e. The molecule has 2 aliphatic rings. The van der Waals surface area contributed by atoms with E-state index in [-0.39, 0.29) is 11.9 Å². The summed E-state index contributed by atoms with van der Waals surface area (Å²) in [5.74, 6) is 1.28. The molecule has 0 aliphatic carbocycles. The molecule has 6 aromatic rings. The molecule has 8 rings (SSSR count). The summed E-state index contributed by atoms with van der Waals surface area (Å²) in [6.07, 6.45) is 3.34. The molecule has 2 aliphatic heterocycles. The van der Waals surface area contributed by atoms with Gasteiger partial charge in [0.15, 0.2) is 0 Å². The van der Waals surface area contributed by atoms with Crippen LogP contribution in [0.15, 0.2) is 59.7 Å². The van der Waals surface area contributed by atoms with Gasteiger partial charge in [-0.25, -0.2) is 4.99 Å². The van der Waals surface area contributed by atoms with Crippen LogP contribution in [-0.2, 0) is 25.3 Å². The maximum Gasteiger partial charge on any atom is 0.276 e. The number of hydrogen-bond donors (Lipinski definition) is 0. The Balaban J connectivity index is 1.26. The molecule has 2 atom stereocenters. The Hall–Kier alpha value is -4.73. The van der Waals surface area contributed by atoms with Gasteiger partial charge in [0.2, 0.25) is 5.90 Å². The predicted octanol–water partition coefficient (Wildman–Crippen LogP) is 9.00. The highest BCUT2D eigenvalue weighted by Crippen LogP contribution is 2.46. The fraction of sp³-hybridized carbons (Fsp3) is 0.341. The molecule has 11 heteroatoms. The number of carbonyl (C=O) groups excluding carboxylic acids is 1. The molecule has 0 fully saturated rings. The first-order valence-electron chi connectivity index (χ1n) is 17.8. The van der Waals surface area contributed by atoms with E-state index in [1.807, 2.05) is 68.5 Å². The number of fused-ring (bicyclic) bond motifs is 4. The van der Waals surface area contributed by atoms with E-state index in [2.05, 4.69) is 53.7 Å². The Morgan fingerprint density at radius 2 is 1.79 bits per heavy atom. The van der Waals surface area contributed by atoms with Gasteiger partial charge in [0.1, 0.15) is 23.6 Å². The number of anilines is 1. The van der Waals surface area contributed by atoms with Crippen LogP contribution in [0.25, 0.3) is 32.9 Å². The van der Waals surface area contributed by atoms with Crippen LogP contribution in [0.5, 0.6) is 5.75 Å². The molecule has 0 spiro atoms. The van der Waals surface area contributed by atoms with Gasteiger partial charge in [0.05, 0.1) is 36.1 Å². The first kappa shape index (κ1) is 34.4. The van der Waals surface area contributed by atoms with Gasteiger partial charge < -0.3 is 18.6 Å². The fourth-order valence-electron chi connectivity index (χ4n) is 8.13. The number of para-hydroxylation sites is 1. The summed E-state index contributed by atoms with van der Waals surface area (Å²) in [6, 6.07) is 16.2. The van der Waals surface area contributed by atoms with Crippen molar-refractivity contribution in [3.63, 3.8) is 0 Å². The summed E-state index contributed by atoms with van der Waals surface area (Å²) in [5, 5.41) is 7.46. The number of aromatic nitrogens is 4. The summed E-state index contributed by atoms with van der Waals surface area (Å²) in [5.41, 5.74) is 10.7. The van der Waals surface area contributed by atoms with E-state index in [0.29, 0.717) is 44.2 Å². The molecule has 3 aromatic carbocycles. The average Bonchev–Trinajstić information content (AvgIpc) is 3.90. The minimum absolute atomic E-state index is 0.132. The Morgan fingerprint density at radius 1 is 1.02 bits per heavy atom. The molecular weight excluding hydrogens is 695 g/mol. The molecule has 0 saturated heterocycles. The Bertz CT molecular complexity index is 2430. The van der Waals surface area contributed by atoms with Gasteiger partial charge in [-0.3, -0.25) is 14.4 Å². The van der Waals surface area contributed by atoms with E-state index in [0.717, 1.165) is 83.0 Å². The highest BCUT2D eigenvalue weighted by Gasteiger charge is 2.42. The lowest BCUT2D eigenvalue weighted by Gasteiger charge is -2.38. The molecule has 0 bridgehead atoms. The number of ether oxygens (including phenoxy) is 2.